The SMILES string of the molecule is COc1cccc(N(C)S(=O)(=O)N(C)CCCO)c1. The van der Waals surface area contributed by atoms with Gasteiger partial charge in [-0.3, -0.25) is 4.31 Å². The summed E-state index contributed by atoms with van der Waals surface area (Å²) in [7, 11) is 0.913. The van der Waals surface area contributed by atoms with Crippen molar-refractivity contribution in [3.63, 3.8) is 0 Å². The predicted molar refractivity (Wildman–Crippen MR) is 74.6 cm³/mol. The Labute approximate surface area is 114 Å². The average molecular weight is 288 g/mol. The van der Waals surface area contributed by atoms with E-state index in [1.807, 2.05) is 0 Å². The molecule has 0 bridgehead atoms. The third kappa shape index (κ3) is 3.82. The number of nitrogens with zero attached hydrogens (tertiary/aromatic N) is 2. The summed E-state index contributed by atoms with van der Waals surface area (Å²) in [6, 6.07) is 6.82. The number of anilines is 1. The van der Waals surface area contributed by atoms with Crippen LogP contribution in [0.25, 0.3) is 0 Å². The molecule has 1 aromatic carbocycles. The Morgan fingerprint density at radius 2 is 2.00 bits per heavy atom. The van der Waals surface area contributed by atoms with Crippen molar-refractivity contribution in [1.29, 1.82) is 0 Å². The molecule has 0 saturated carbocycles. The second-order valence-corrected chi connectivity index (χ2v) is 6.14. The zero-order chi connectivity index (χ0) is 14.5. The van der Waals surface area contributed by atoms with Crippen LogP contribution in [0.4, 0.5) is 5.69 Å². The van der Waals surface area contributed by atoms with Gasteiger partial charge in [0.05, 0.1) is 12.8 Å². The van der Waals surface area contributed by atoms with Crippen LogP contribution in [0.2, 0.25) is 0 Å². The number of benzene rings is 1. The first-order valence-corrected chi connectivity index (χ1v) is 7.28. The molecule has 0 atom stereocenters. The van der Waals surface area contributed by atoms with Gasteiger partial charge in [-0.05, 0) is 18.6 Å². The Balaban J connectivity index is 2.93. The lowest BCUT2D eigenvalue weighted by atomic mass is 10.3. The number of methoxy groups -OCH3 is 1. The topological polar surface area (TPSA) is 70.1 Å². The van der Waals surface area contributed by atoms with Crippen LogP contribution in [0.1, 0.15) is 6.42 Å². The second-order valence-electron chi connectivity index (χ2n) is 4.08. The van der Waals surface area contributed by atoms with Crippen molar-refractivity contribution in [2.45, 2.75) is 6.42 Å². The summed E-state index contributed by atoms with van der Waals surface area (Å²) in [5.74, 6) is 0.595. The summed E-state index contributed by atoms with van der Waals surface area (Å²) in [6.07, 6.45) is 0.404. The van der Waals surface area contributed by atoms with Crippen LogP contribution < -0.4 is 9.04 Å². The summed E-state index contributed by atoms with van der Waals surface area (Å²) in [4.78, 5) is 0. The van der Waals surface area contributed by atoms with E-state index >= 15 is 0 Å². The predicted octanol–water partition coefficient (Wildman–Crippen LogP) is 0.690. The smallest absolute Gasteiger partial charge is 0.303 e. The first-order valence-electron chi connectivity index (χ1n) is 5.88. The van der Waals surface area contributed by atoms with Gasteiger partial charge in [-0.25, -0.2) is 0 Å². The fraction of sp³-hybridized carbons (Fsp3) is 0.500. The van der Waals surface area contributed by atoms with E-state index < -0.39 is 10.2 Å². The fourth-order valence-corrected chi connectivity index (χ4v) is 2.72. The van der Waals surface area contributed by atoms with Crippen LogP contribution in [0.15, 0.2) is 24.3 Å². The molecule has 0 aliphatic rings. The molecule has 0 aliphatic carbocycles. The molecule has 7 heteroatoms. The van der Waals surface area contributed by atoms with Crippen molar-refractivity contribution in [3.8, 4) is 5.75 Å². The molecule has 19 heavy (non-hydrogen) atoms. The molecule has 0 spiro atoms. The molecule has 1 N–H and O–H groups in total. The van der Waals surface area contributed by atoms with Crippen LogP contribution in [-0.2, 0) is 10.2 Å². The van der Waals surface area contributed by atoms with Gasteiger partial charge in [-0.15, -0.1) is 0 Å². The molecule has 6 nitrogen and oxygen atoms in total. The number of hydrogen-bond acceptors (Lipinski definition) is 4. The van der Waals surface area contributed by atoms with Crippen LogP contribution in [0.3, 0.4) is 0 Å². The first kappa shape index (κ1) is 15.7. The van der Waals surface area contributed by atoms with E-state index in [1.54, 1.807) is 24.3 Å². The van der Waals surface area contributed by atoms with Gasteiger partial charge in [0.25, 0.3) is 0 Å². The third-order valence-electron chi connectivity index (χ3n) is 2.79. The van der Waals surface area contributed by atoms with Crippen LogP contribution >= 0.6 is 0 Å². The van der Waals surface area contributed by atoms with E-state index in [1.165, 1.54) is 29.8 Å². The molecule has 0 heterocycles. The molecule has 0 radical (unpaired) electrons. The summed E-state index contributed by atoms with van der Waals surface area (Å²) in [5, 5.41) is 8.75. The lowest BCUT2D eigenvalue weighted by Crippen LogP contribution is -2.40. The van der Waals surface area contributed by atoms with Gasteiger partial charge < -0.3 is 9.84 Å². The van der Waals surface area contributed by atoms with Gasteiger partial charge in [-0.2, -0.15) is 12.7 Å². The first-order chi connectivity index (χ1) is 8.93. The molecule has 1 aromatic rings. The summed E-state index contributed by atoms with van der Waals surface area (Å²) >= 11 is 0. The highest BCUT2D eigenvalue weighted by Crippen LogP contribution is 2.23. The standard InChI is InChI=1S/C12H20N2O4S/c1-13(8-5-9-15)19(16,17)14(2)11-6-4-7-12(10-11)18-3/h4,6-7,10,15H,5,8-9H2,1-3H3. The summed E-state index contributed by atoms with van der Waals surface area (Å²) in [6.45, 7) is 0.232. The zero-order valence-corrected chi connectivity index (χ0v) is 12.2. The van der Waals surface area contributed by atoms with Gasteiger partial charge in [0.1, 0.15) is 5.75 Å². The van der Waals surface area contributed by atoms with Gasteiger partial charge >= 0.3 is 10.2 Å². The molecular weight excluding hydrogens is 268 g/mol. The Morgan fingerprint density at radius 1 is 1.32 bits per heavy atom. The van der Waals surface area contributed by atoms with Gasteiger partial charge in [-0.1, -0.05) is 6.07 Å². The minimum atomic E-state index is -3.59. The lowest BCUT2D eigenvalue weighted by Gasteiger charge is -2.25. The molecule has 108 valence electrons. The highest BCUT2D eigenvalue weighted by atomic mass is 32.2. The van der Waals surface area contributed by atoms with Crippen LogP contribution in [0.5, 0.6) is 5.75 Å². The quantitative estimate of drug-likeness (QED) is 0.801. The number of aliphatic hydroxyl groups excluding tert-OH is 1. The number of rotatable bonds is 7. The maximum absolute atomic E-state index is 12.3. The monoisotopic (exact) mass is 288 g/mol. The molecule has 0 amide bonds. The molecule has 0 aromatic heterocycles. The van der Waals surface area contributed by atoms with Crippen LogP contribution in [0, 0.1) is 0 Å². The third-order valence-corrected chi connectivity index (χ3v) is 4.66. The van der Waals surface area contributed by atoms with E-state index in [2.05, 4.69) is 0 Å². The van der Waals surface area contributed by atoms with Crippen molar-refractivity contribution in [2.24, 2.45) is 0 Å². The van der Waals surface area contributed by atoms with Crippen molar-refractivity contribution in [2.75, 3.05) is 38.7 Å². The van der Waals surface area contributed by atoms with E-state index in [0.29, 0.717) is 17.9 Å². The Hall–Kier alpha value is -1.31. The molecule has 0 fully saturated rings. The molecule has 0 aliphatic heterocycles. The van der Waals surface area contributed by atoms with Crippen molar-refractivity contribution < 1.29 is 18.3 Å². The van der Waals surface area contributed by atoms with E-state index in [4.69, 9.17) is 9.84 Å². The zero-order valence-electron chi connectivity index (χ0n) is 11.4. The summed E-state index contributed by atoms with van der Waals surface area (Å²) in [5.41, 5.74) is 0.523. The minimum absolute atomic E-state index is 0.0390. The van der Waals surface area contributed by atoms with Crippen molar-refractivity contribution >= 4 is 15.9 Å². The van der Waals surface area contributed by atoms with Crippen molar-refractivity contribution in [3.05, 3.63) is 24.3 Å². The maximum Gasteiger partial charge on any atom is 0.303 e. The van der Waals surface area contributed by atoms with E-state index in [9.17, 15) is 8.42 Å². The van der Waals surface area contributed by atoms with Crippen molar-refractivity contribution in [1.82, 2.24) is 4.31 Å². The minimum Gasteiger partial charge on any atom is -0.497 e. The molecule has 0 unspecified atom stereocenters. The summed E-state index contributed by atoms with van der Waals surface area (Å²) < 4.78 is 32.0. The lowest BCUT2D eigenvalue weighted by molar-refractivity contribution is 0.275. The number of hydrogen-bond donors (Lipinski definition) is 1. The van der Waals surface area contributed by atoms with Crippen LogP contribution in [-0.4, -0.2) is 52.2 Å². The Morgan fingerprint density at radius 3 is 2.58 bits per heavy atom. The fourth-order valence-electron chi connectivity index (χ4n) is 1.56. The highest BCUT2D eigenvalue weighted by Gasteiger charge is 2.23. The number of ether oxygens (including phenoxy) is 1. The average Bonchev–Trinajstić information content (AvgIpc) is 2.43. The van der Waals surface area contributed by atoms with E-state index in [-0.39, 0.29) is 13.2 Å². The Bertz CT molecular complexity index is 504. The molecule has 1 rings (SSSR count). The molecule has 0 saturated heterocycles. The molecular formula is C12H20N2O4S. The normalized spacial score (nSPS) is 11.6. The van der Waals surface area contributed by atoms with E-state index in [0.717, 1.165) is 0 Å². The largest absolute Gasteiger partial charge is 0.497 e. The highest BCUT2D eigenvalue weighted by molar-refractivity contribution is 7.90. The number of aliphatic hydroxyl groups is 1. The second kappa shape index (κ2) is 6.74. The Kier molecular flexibility index (Phi) is 5.59. The van der Waals surface area contributed by atoms with Gasteiger partial charge in [0.2, 0.25) is 0 Å². The van der Waals surface area contributed by atoms with Gasteiger partial charge in [0.15, 0.2) is 0 Å². The van der Waals surface area contributed by atoms with Gasteiger partial charge in [0, 0.05) is 33.3 Å². The maximum atomic E-state index is 12.3.